The molecular formula is C12H11Cl2FN2S. The van der Waals surface area contributed by atoms with Gasteiger partial charge in [-0.3, -0.25) is 5.84 Å². The lowest BCUT2D eigenvalue weighted by molar-refractivity contribution is 0.612. The summed E-state index contributed by atoms with van der Waals surface area (Å²) in [5.41, 5.74) is 5.16. The Hall–Kier alpha value is -0.650. The Bertz CT molecular complexity index is 571. The van der Waals surface area contributed by atoms with Gasteiger partial charge in [0, 0.05) is 5.56 Å². The predicted molar refractivity (Wildman–Crippen MR) is 74.6 cm³/mol. The minimum atomic E-state index is -0.304. The fraction of sp³-hybridized carbons (Fsp3) is 0.167. The molecular weight excluding hydrogens is 294 g/mol. The van der Waals surface area contributed by atoms with Crippen LogP contribution in [0.4, 0.5) is 4.39 Å². The number of hydrogen-bond acceptors (Lipinski definition) is 3. The number of hydrazine groups is 1. The summed E-state index contributed by atoms with van der Waals surface area (Å²) in [6.07, 6.45) is 0. The van der Waals surface area contributed by atoms with E-state index in [0.29, 0.717) is 8.67 Å². The Kier molecular flexibility index (Phi) is 4.25. The van der Waals surface area contributed by atoms with Gasteiger partial charge in [0.2, 0.25) is 0 Å². The van der Waals surface area contributed by atoms with Crippen LogP contribution in [0.3, 0.4) is 0 Å². The lowest BCUT2D eigenvalue weighted by atomic mass is 9.97. The highest BCUT2D eigenvalue weighted by molar-refractivity contribution is 7.20. The van der Waals surface area contributed by atoms with Gasteiger partial charge in [-0.25, -0.2) is 9.82 Å². The Morgan fingerprint density at radius 1 is 1.28 bits per heavy atom. The number of rotatable bonds is 3. The summed E-state index contributed by atoms with van der Waals surface area (Å²) in [6, 6.07) is 6.01. The molecule has 0 aliphatic carbocycles. The topological polar surface area (TPSA) is 38.0 Å². The molecule has 2 aromatic rings. The van der Waals surface area contributed by atoms with Crippen LogP contribution < -0.4 is 11.3 Å². The average Bonchev–Trinajstić information content (AvgIpc) is 2.62. The van der Waals surface area contributed by atoms with Gasteiger partial charge in [-0.05, 0) is 36.2 Å². The average molecular weight is 305 g/mol. The second-order valence-electron chi connectivity index (χ2n) is 3.88. The Morgan fingerprint density at radius 3 is 2.50 bits per heavy atom. The standard InChI is InChI=1S/C12H11Cl2FN2S/c1-6-4-7(15)2-3-8(6)11(17-16)9-5-10(13)18-12(9)14/h2-5,11,17H,16H2,1H3. The van der Waals surface area contributed by atoms with E-state index in [-0.39, 0.29) is 11.9 Å². The second-order valence-corrected chi connectivity index (χ2v) is 6.17. The molecule has 0 saturated heterocycles. The summed E-state index contributed by atoms with van der Waals surface area (Å²) in [5.74, 6) is 5.30. The first kappa shape index (κ1) is 13.8. The van der Waals surface area contributed by atoms with Gasteiger partial charge in [-0.15, -0.1) is 11.3 Å². The molecule has 0 aliphatic rings. The minimum absolute atomic E-state index is 0.276. The Balaban J connectivity index is 2.48. The normalized spacial score (nSPS) is 12.7. The third kappa shape index (κ3) is 2.68. The highest BCUT2D eigenvalue weighted by Crippen LogP contribution is 2.37. The number of aryl methyl sites for hydroxylation is 1. The van der Waals surface area contributed by atoms with Crippen molar-refractivity contribution in [2.24, 2.45) is 5.84 Å². The van der Waals surface area contributed by atoms with Crippen LogP contribution in [0.1, 0.15) is 22.7 Å². The van der Waals surface area contributed by atoms with Gasteiger partial charge >= 0.3 is 0 Å². The van der Waals surface area contributed by atoms with Crippen LogP contribution in [0.5, 0.6) is 0 Å². The van der Waals surface area contributed by atoms with Crippen molar-refractivity contribution in [1.29, 1.82) is 0 Å². The number of nitrogens with one attached hydrogen (secondary N) is 1. The maximum absolute atomic E-state index is 13.1. The first-order valence-electron chi connectivity index (χ1n) is 5.20. The van der Waals surface area contributed by atoms with E-state index in [1.807, 2.05) is 6.92 Å². The van der Waals surface area contributed by atoms with Crippen molar-refractivity contribution in [2.45, 2.75) is 13.0 Å². The zero-order valence-electron chi connectivity index (χ0n) is 9.51. The van der Waals surface area contributed by atoms with Crippen molar-refractivity contribution in [2.75, 3.05) is 0 Å². The molecule has 0 bridgehead atoms. The summed E-state index contributed by atoms with van der Waals surface area (Å²) in [5, 5.41) is 0. The van der Waals surface area contributed by atoms with Crippen molar-refractivity contribution in [3.05, 3.63) is 55.4 Å². The number of thiophene rings is 1. The number of halogens is 3. The fourth-order valence-electron chi connectivity index (χ4n) is 1.86. The van der Waals surface area contributed by atoms with Crippen LogP contribution in [0.25, 0.3) is 0 Å². The largest absolute Gasteiger partial charge is 0.271 e. The zero-order chi connectivity index (χ0) is 13.3. The van der Waals surface area contributed by atoms with Crippen molar-refractivity contribution in [3.63, 3.8) is 0 Å². The van der Waals surface area contributed by atoms with E-state index in [1.165, 1.54) is 23.5 Å². The smallest absolute Gasteiger partial charge is 0.123 e. The molecule has 2 rings (SSSR count). The maximum Gasteiger partial charge on any atom is 0.123 e. The molecule has 0 aliphatic heterocycles. The van der Waals surface area contributed by atoms with Gasteiger partial charge in [-0.1, -0.05) is 29.3 Å². The molecule has 1 unspecified atom stereocenters. The van der Waals surface area contributed by atoms with E-state index in [9.17, 15) is 4.39 Å². The monoisotopic (exact) mass is 304 g/mol. The van der Waals surface area contributed by atoms with Crippen LogP contribution in [0.2, 0.25) is 8.67 Å². The molecule has 1 aromatic heterocycles. The summed E-state index contributed by atoms with van der Waals surface area (Å²) >= 11 is 13.3. The van der Waals surface area contributed by atoms with E-state index >= 15 is 0 Å². The van der Waals surface area contributed by atoms with Crippen molar-refractivity contribution >= 4 is 34.5 Å². The minimum Gasteiger partial charge on any atom is -0.271 e. The fourth-order valence-corrected chi connectivity index (χ4v) is 3.39. The molecule has 1 heterocycles. The highest BCUT2D eigenvalue weighted by atomic mass is 35.5. The molecule has 0 saturated carbocycles. The maximum atomic E-state index is 13.1. The molecule has 18 heavy (non-hydrogen) atoms. The summed E-state index contributed by atoms with van der Waals surface area (Å²) in [7, 11) is 0. The van der Waals surface area contributed by atoms with Gasteiger partial charge in [0.15, 0.2) is 0 Å². The van der Waals surface area contributed by atoms with E-state index in [2.05, 4.69) is 5.43 Å². The van der Waals surface area contributed by atoms with Crippen LogP contribution >= 0.6 is 34.5 Å². The summed E-state index contributed by atoms with van der Waals surface area (Å²) in [6.45, 7) is 1.82. The molecule has 0 fully saturated rings. The lowest BCUT2D eigenvalue weighted by Crippen LogP contribution is -2.29. The molecule has 2 nitrogen and oxygen atoms in total. The second kappa shape index (κ2) is 5.55. The van der Waals surface area contributed by atoms with Gasteiger partial charge in [-0.2, -0.15) is 0 Å². The Labute approximate surface area is 118 Å². The van der Waals surface area contributed by atoms with Crippen molar-refractivity contribution < 1.29 is 4.39 Å². The highest BCUT2D eigenvalue weighted by Gasteiger charge is 2.20. The van der Waals surface area contributed by atoms with Gasteiger partial charge in [0.05, 0.1) is 14.7 Å². The number of nitrogens with two attached hydrogens (primary N) is 1. The van der Waals surface area contributed by atoms with Crippen molar-refractivity contribution in [3.8, 4) is 0 Å². The lowest BCUT2D eigenvalue weighted by Gasteiger charge is -2.18. The molecule has 0 amide bonds. The van der Waals surface area contributed by atoms with Gasteiger partial charge in [0.1, 0.15) is 5.82 Å². The zero-order valence-corrected chi connectivity index (χ0v) is 11.8. The number of hydrogen-bond donors (Lipinski definition) is 2. The SMILES string of the molecule is Cc1cc(F)ccc1C(NN)c1cc(Cl)sc1Cl. The summed E-state index contributed by atoms with van der Waals surface area (Å²) in [4.78, 5) is 0. The van der Waals surface area contributed by atoms with E-state index in [1.54, 1.807) is 12.1 Å². The van der Waals surface area contributed by atoms with E-state index in [4.69, 9.17) is 29.0 Å². The molecule has 0 radical (unpaired) electrons. The molecule has 0 spiro atoms. The van der Waals surface area contributed by atoms with Crippen LogP contribution in [-0.2, 0) is 0 Å². The number of benzene rings is 1. The molecule has 1 atom stereocenters. The first-order chi connectivity index (χ1) is 8.52. The molecule has 96 valence electrons. The van der Waals surface area contributed by atoms with Crippen LogP contribution in [0.15, 0.2) is 24.3 Å². The molecule has 3 N–H and O–H groups in total. The predicted octanol–water partition coefficient (Wildman–Crippen LogP) is 4.06. The van der Waals surface area contributed by atoms with Gasteiger partial charge < -0.3 is 0 Å². The quantitative estimate of drug-likeness (QED) is 0.663. The molecule has 6 heteroatoms. The van der Waals surface area contributed by atoms with E-state index < -0.39 is 0 Å². The van der Waals surface area contributed by atoms with Crippen LogP contribution in [-0.4, -0.2) is 0 Å². The van der Waals surface area contributed by atoms with Crippen LogP contribution in [0, 0.1) is 12.7 Å². The Morgan fingerprint density at radius 2 is 2.00 bits per heavy atom. The summed E-state index contributed by atoms with van der Waals surface area (Å²) < 4.78 is 14.3. The molecule has 1 aromatic carbocycles. The van der Waals surface area contributed by atoms with Gasteiger partial charge in [0.25, 0.3) is 0 Å². The first-order valence-corrected chi connectivity index (χ1v) is 6.77. The third-order valence-electron chi connectivity index (χ3n) is 2.70. The van der Waals surface area contributed by atoms with E-state index in [0.717, 1.165) is 16.7 Å². The van der Waals surface area contributed by atoms with Crippen molar-refractivity contribution in [1.82, 2.24) is 5.43 Å². The third-order valence-corrected chi connectivity index (χ3v) is 4.22.